The number of hydrogen-bond donors (Lipinski definition) is 1. The highest BCUT2D eigenvalue weighted by Crippen LogP contribution is 2.04. The van der Waals surface area contributed by atoms with E-state index in [2.05, 4.69) is 0 Å². The van der Waals surface area contributed by atoms with Crippen molar-refractivity contribution in [2.24, 2.45) is 0 Å². The molecule has 0 aromatic heterocycles. The van der Waals surface area contributed by atoms with Crippen LogP contribution in [0.2, 0.25) is 0 Å². The summed E-state index contributed by atoms with van der Waals surface area (Å²) in [6.07, 6.45) is 8.41. The van der Waals surface area contributed by atoms with Gasteiger partial charge in [0.15, 0.2) is 5.12 Å². The lowest BCUT2D eigenvalue weighted by Crippen LogP contribution is -2.08. The number of hydrogen-bond acceptors (Lipinski definition) is 5. The Labute approximate surface area is 153 Å². The molecular formula is C16H42O5S2. The largest absolute Gasteiger partial charge is 0.412 e. The van der Waals surface area contributed by atoms with Crippen LogP contribution in [-0.4, -0.2) is 44.9 Å². The molecule has 23 heavy (non-hydrogen) atoms. The Bertz CT molecular complexity index is 247. The number of carbonyl (C=O) groups excluding carboxylic acids is 2. The van der Waals surface area contributed by atoms with Gasteiger partial charge in [-0.3, -0.25) is 9.59 Å². The molecule has 0 radical (unpaired) electrons. The topological polar surface area (TPSA) is 117 Å². The lowest BCUT2D eigenvalue weighted by molar-refractivity contribution is -0.112. The van der Waals surface area contributed by atoms with Crippen molar-refractivity contribution in [1.82, 2.24) is 0 Å². The SMILES string of the molecule is C.C.C.C.CCC(O)CC(=O)SC.CCC=CC(=O)SC.O.O. The van der Waals surface area contributed by atoms with Gasteiger partial charge in [-0.2, -0.15) is 0 Å². The molecule has 0 saturated carbocycles. The maximum Gasteiger partial charge on any atom is 0.211 e. The fourth-order valence-corrected chi connectivity index (χ4v) is 1.29. The Hall–Kier alpha value is -0.340. The smallest absolute Gasteiger partial charge is 0.211 e. The third kappa shape index (κ3) is 44.9. The third-order valence-electron chi connectivity index (χ3n) is 1.79. The van der Waals surface area contributed by atoms with Crippen molar-refractivity contribution in [3.63, 3.8) is 0 Å². The first-order valence-electron chi connectivity index (χ1n) is 5.51. The number of allylic oxidation sites excluding steroid dienone is 1. The van der Waals surface area contributed by atoms with Crippen LogP contribution >= 0.6 is 23.5 Å². The molecule has 0 aromatic rings. The summed E-state index contributed by atoms with van der Waals surface area (Å²) in [4.78, 5) is 21.0. The molecule has 0 aliphatic carbocycles. The molecule has 0 bridgehead atoms. The highest BCUT2D eigenvalue weighted by molar-refractivity contribution is 8.13. The van der Waals surface area contributed by atoms with Gasteiger partial charge in [0.05, 0.1) is 6.10 Å². The van der Waals surface area contributed by atoms with Crippen LogP contribution in [0.3, 0.4) is 0 Å². The van der Waals surface area contributed by atoms with Crippen LogP contribution in [0.15, 0.2) is 12.2 Å². The van der Waals surface area contributed by atoms with Crippen molar-refractivity contribution in [3.05, 3.63) is 12.2 Å². The van der Waals surface area contributed by atoms with Crippen molar-refractivity contribution in [3.8, 4) is 0 Å². The normalized spacial score (nSPS) is 8.74. The Morgan fingerprint density at radius 2 is 1.43 bits per heavy atom. The Morgan fingerprint density at radius 3 is 1.70 bits per heavy atom. The number of thioether (sulfide) groups is 2. The van der Waals surface area contributed by atoms with Crippen LogP contribution in [0, 0.1) is 0 Å². The first-order valence-corrected chi connectivity index (χ1v) is 7.96. The number of rotatable bonds is 5. The van der Waals surface area contributed by atoms with Crippen LogP contribution in [0.4, 0.5) is 0 Å². The molecule has 0 spiro atoms. The van der Waals surface area contributed by atoms with E-state index >= 15 is 0 Å². The maximum absolute atomic E-state index is 10.6. The highest BCUT2D eigenvalue weighted by Gasteiger charge is 2.05. The summed E-state index contributed by atoms with van der Waals surface area (Å²) < 4.78 is 0. The van der Waals surface area contributed by atoms with Crippen LogP contribution in [0.25, 0.3) is 0 Å². The zero-order valence-electron chi connectivity index (χ0n) is 11.9. The first-order chi connectivity index (χ1) is 8.01. The quantitative estimate of drug-likeness (QED) is 0.730. The number of aliphatic hydroxyl groups excluding tert-OH is 1. The second kappa shape index (κ2) is 37.7. The number of carbonyl (C=O) groups is 2. The molecule has 0 aliphatic rings. The summed E-state index contributed by atoms with van der Waals surface area (Å²) >= 11 is 2.41. The van der Waals surface area contributed by atoms with E-state index in [-0.39, 0.29) is 57.3 Å². The molecule has 0 aliphatic heterocycles. The van der Waals surface area contributed by atoms with Gasteiger partial charge >= 0.3 is 0 Å². The molecule has 1 unspecified atom stereocenters. The Kier molecular flexibility index (Phi) is 81.1. The van der Waals surface area contributed by atoms with Crippen LogP contribution in [-0.2, 0) is 9.59 Å². The van der Waals surface area contributed by atoms with E-state index in [1.165, 1.54) is 23.5 Å². The van der Waals surface area contributed by atoms with Gasteiger partial charge in [0.25, 0.3) is 0 Å². The molecule has 5 nitrogen and oxygen atoms in total. The molecule has 0 saturated heterocycles. The van der Waals surface area contributed by atoms with E-state index in [1.807, 2.05) is 19.9 Å². The molecule has 0 rings (SSSR count). The van der Waals surface area contributed by atoms with Crippen molar-refractivity contribution >= 4 is 33.8 Å². The van der Waals surface area contributed by atoms with Crippen molar-refractivity contribution in [2.45, 2.75) is 68.9 Å². The summed E-state index contributed by atoms with van der Waals surface area (Å²) in [7, 11) is 0. The summed E-state index contributed by atoms with van der Waals surface area (Å²) in [5, 5.41) is 9.12. The first kappa shape index (κ1) is 49.5. The lowest BCUT2D eigenvalue weighted by atomic mass is 10.2. The summed E-state index contributed by atoms with van der Waals surface area (Å²) in [5.41, 5.74) is 0. The van der Waals surface area contributed by atoms with E-state index in [1.54, 1.807) is 18.6 Å². The highest BCUT2D eigenvalue weighted by atomic mass is 32.2. The van der Waals surface area contributed by atoms with Crippen LogP contribution < -0.4 is 0 Å². The molecule has 0 aromatic carbocycles. The van der Waals surface area contributed by atoms with Crippen LogP contribution in [0.1, 0.15) is 62.8 Å². The zero-order chi connectivity index (χ0) is 13.7. The Balaban J connectivity index is -0.0000000260. The van der Waals surface area contributed by atoms with Gasteiger partial charge in [0.2, 0.25) is 5.12 Å². The van der Waals surface area contributed by atoms with E-state index in [9.17, 15) is 9.59 Å². The molecule has 7 heteroatoms. The van der Waals surface area contributed by atoms with Gasteiger partial charge in [-0.1, -0.05) is 73.2 Å². The summed E-state index contributed by atoms with van der Waals surface area (Å²) in [5.74, 6) is 0. The summed E-state index contributed by atoms with van der Waals surface area (Å²) in [6, 6.07) is 0. The van der Waals surface area contributed by atoms with Crippen molar-refractivity contribution < 1.29 is 25.6 Å². The molecule has 0 fully saturated rings. The second-order valence-electron chi connectivity index (χ2n) is 3.18. The molecule has 0 heterocycles. The minimum Gasteiger partial charge on any atom is -0.412 e. The van der Waals surface area contributed by atoms with Gasteiger partial charge < -0.3 is 16.1 Å². The molecule has 1 atom stereocenters. The molecular weight excluding hydrogens is 336 g/mol. The van der Waals surface area contributed by atoms with E-state index in [0.717, 1.165) is 6.42 Å². The second-order valence-corrected chi connectivity index (χ2v) is 4.85. The molecule has 5 N–H and O–H groups in total. The zero-order valence-corrected chi connectivity index (χ0v) is 13.6. The standard InChI is InChI=1S/C6H12O2S.C6H10OS.4CH4.2H2O/c1-3-5(7)4-6(8)9-2;1-3-4-5-6(7)8-2;;;;;;/h5,7H,3-4H2,1-2H3;4-5H,3H2,1-2H3;4*1H4;2*1H2. The van der Waals surface area contributed by atoms with Crippen LogP contribution in [0.5, 0.6) is 0 Å². The van der Waals surface area contributed by atoms with Gasteiger partial charge in [-0.05, 0) is 31.4 Å². The van der Waals surface area contributed by atoms with Crippen molar-refractivity contribution in [2.75, 3.05) is 12.5 Å². The minimum atomic E-state index is -0.440. The van der Waals surface area contributed by atoms with Gasteiger partial charge in [-0.15, -0.1) is 0 Å². The average Bonchev–Trinajstić information content (AvgIpc) is 2.36. The fraction of sp³-hybridized carbons (Fsp3) is 0.750. The fourth-order valence-electron chi connectivity index (χ4n) is 0.702. The van der Waals surface area contributed by atoms with Gasteiger partial charge in [0, 0.05) is 6.42 Å². The lowest BCUT2D eigenvalue weighted by Gasteiger charge is -2.02. The van der Waals surface area contributed by atoms with E-state index in [0.29, 0.717) is 6.42 Å². The minimum absolute atomic E-state index is 0. The maximum atomic E-state index is 10.6. The van der Waals surface area contributed by atoms with Gasteiger partial charge in [0.1, 0.15) is 0 Å². The third-order valence-corrected chi connectivity index (χ3v) is 2.95. The van der Waals surface area contributed by atoms with Crippen molar-refractivity contribution in [1.29, 1.82) is 0 Å². The predicted molar refractivity (Wildman–Crippen MR) is 112 cm³/mol. The van der Waals surface area contributed by atoms with E-state index in [4.69, 9.17) is 5.11 Å². The molecule has 0 amide bonds. The Morgan fingerprint density at radius 1 is 1.00 bits per heavy atom. The van der Waals surface area contributed by atoms with E-state index < -0.39 is 6.10 Å². The average molecular weight is 379 g/mol. The summed E-state index contributed by atoms with van der Waals surface area (Å²) in [6.45, 7) is 3.86. The monoisotopic (exact) mass is 378 g/mol. The number of aliphatic hydroxyl groups is 1. The van der Waals surface area contributed by atoms with Gasteiger partial charge in [-0.25, -0.2) is 0 Å². The molecule has 148 valence electrons. The predicted octanol–water partition coefficient (Wildman–Crippen LogP) is 3.77.